The summed E-state index contributed by atoms with van der Waals surface area (Å²) in [6.45, 7) is 4.31. The molecule has 170 valence electrons. The average molecular weight is 432 g/mol. The number of benzene rings is 1. The minimum absolute atomic E-state index is 0.200. The minimum Gasteiger partial charge on any atom is -0.661 e. The van der Waals surface area contributed by atoms with Crippen LogP contribution in [0.15, 0.2) is 24.4 Å². The summed E-state index contributed by atoms with van der Waals surface area (Å²) in [6, 6.07) is 5.78. The zero-order valence-corrected chi connectivity index (χ0v) is 17.8. The van der Waals surface area contributed by atoms with Crippen LogP contribution in [0.2, 0.25) is 0 Å². The van der Waals surface area contributed by atoms with Crippen molar-refractivity contribution < 1.29 is 34.7 Å². The second-order valence-corrected chi connectivity index (χ2v) is 9.24. The topological polar surface area (TPSA) is 131 Å². The number of rotatable bonds is 6. The van der Waals surface area contributed by atoms with Gasteiger partial charge in [0, 0.05) is 5.39 Å². The monoisotopic (exact) mass is 432 g/mol. The second-order valence-electron chi connectivity index (χ2n) is 9.24. The number of fused-ring (bicyclic) bond motifs is 1. The molecule has 1 saturated carbocycles. The van der Waals surface area contributed by atoms with E-state index in [9.17, 15) is 25.2 Å². The summed E-state index contributed by atoms with van der Waals surface area (Å²) in [5, 5.41) is 43.0. The first-order valence-electron chi connectivity index (χ1n) is 10.9. The van der Waals surface area contributed by atoms with Gasteiger partial charge >= 0.3 is 5.97 Å². The number of aliphatic hydroxyl groups is 4. The summed E-state index contributed by atoms with van der Waals surface area (Å²) >= 11 is 0. The first kappa shape index (κ1) is 22.2. The number of nitrogens with zero attached hydrogens (tertiary/aromatic N) is 1. The normalized spacial score (nSPS) is 30.4. The Kier molecular flexibility index (Phi) is 5.87. The highest BCUT2D eigenvalue weighted by Gasteiger charge is 2.66. The summed E-state index contributed by atoms with van der Waals surface area (Å²) in [5.74, 6) is -2.63. The molecule has 4 rings (SSSR count). The lowest BCUT2D eigenvalue weighted by atomic mass is 9.86. The number of aliphatic hydroxyl groups excluding tert-OH is 2. The molecular formula is C23H30NO7-. The fourth-order valence-electron chi connectivity index (χ4n) is 4.57. The van der Waals surface area contributed by atoms with Crippen LogP contribution >= 0.6 is 0 Å². The van der Waals surface area contributed by atoms with E-state index in [2.05, 4.69) is 18.8 Å². The van der Waals surface area contributed by atoms with Crippen LogP contribution < -0.4 is 9.72 Å². The molecule has 31 heavy (non-hydrogen) atoms. The van der Waals surface area contributed by atoms with Crippen LogP contribution in [0, 0.1) is 5.92 Å². The van der Waals surface area contributed by atoms with E-state index in [0.29, 0.717) is 29.7 Å². The third-order valence-corrected chi connectivity index (χ3v) is 6.54. The molecule has 1 aromatic heterocycles. The van der Waals surface area contributed by atoms with Crippen molar-refractivity contribution in [1.29, 1.82) is 0 Å². The Labute approximate surface area is 180 Å². The van der Waals surface area contributed by atoms with Gasteiger partial charge in [0.1, 0.15) is 23.6 Å². The summed E-state index contributed by atoms with van der Waals surface area (Å²) in [5.41, 5.74) is 0.0279. The molecule has 1 aliphatic heterocycles. The van der Waals surface area contributed by atoms with Crippen molar-refractivity contribution in [1.82, 2.24) is 4.98 Å². The van der Waals surface area contributed by atoms with Gasteiger partial charge in [-0.05, 0) is 43.2 Å². The highest BCUT2D eigenvalue weighted by Crippen LogP contribution is 2.46. The molecular weight excluding hydrogens is 402 g/mol. The Hall–Kier alpha value is -1.97. The zero-order valence-electron chi connectivity index (χ0n) is 17.8. The van der Waals surface area contributed by atoms with Gasteiger partial charge in [-0.25, -0.2) is 4.79 Å². The van der Waals surface area contributed by atoms with E-state index >= 15 is 0 Å². The van der Waals surface area contributed by atoms with Gasteiger partial charge in [-0.15, -0.1) is 11.7 Å². The zero-order chi connectivity index (χ0) is 22.4. The summed E-state index contributed by atoms with van der Waals surface area (Å²) in [6.07, 6.45) is -0.207. The SMILES string of the molecule is CC(C)CCc1ccc2[n-]cc(OC(=O)C3OC(O)(C4(O)CCCC4)C(O)C3O)c2c1. The van der Waals surface area contributed by atoms with Crippen LogP contribution in [0.25, 0.3) is 10.9 Å². The largest absolute Gasteiger partial charge is 0.661 e. The van der Waals surface area contributed by atoms with Gasteiger partial charge in [-0.3, -0.25) is 0 Å². The molecule has 1 saturated heterocycles. The van der Waals surface area contributed by atoms with Crippen molar-refractivity contribution in [3.05, 3.63) is 30.0 Å². The van der Waals surface area contributed by atoms with Gasteiger partial charge in [0.15, 0.2) is 6.10 Å². The number of hydrogen-bond donors (Lipinski definition) is 4. The molecule has 1 aromatic carbocycles. The molecule has 0 bridgehead atoms. The maximum Gasteiger partial charge on any atom is 0.343 e. The fraction of sp³-hybridized carbons (Fsp3) is 0.609. The lowest BCUT2D eigenvalue weighted by Gasteiger charge is -2.39. The summed E-state index contributed by atoms with van der Waals surface area (Å²) in [4.78, 5) is 17.0. The summed E-state index contributed by atoms with van der Waals surface area (Å²) < 4.78 is 10.8. The molecule has 1 aliphatic carbocycles. The highest BCUT2D eigenvalue weighted by molar-refractivity contribution is 5.90. The molecule has 2 aromatic rings. The summed E-state index contributed by atoms with van der Waals surface area (Å²) in [7, 11) is 0. The van der Waals surface area contributed by atoms with Crippen molar-refractivity contribution in [2.45, 2.75) is 82.1 Å². The molecule has 0 radical (unpaired) electrons. The quantitative estimate of drug-likeness (QED) is 0.504. The van der Waals surface area contributed by atoms with Gasteiger partial charge in [-0.2, -0.15) is 0 Å². The maximum atomic E-state index is 12.8. The number of aromatic nitrogens is 1. The Bertz CT molecular complexity index is 949. The van der Waals surface area contributed by atoms with Crippen molar-refractivity contribution in [3.63, 3.8) is 0 Å². The first-order chi connectivity index (χ1) is 14.6. The van der Waals surface area contributed by atoms with E-state index in [1.807, 2.05) is 18.2 Å². The molecule has 2 aliphatic rings. The Morgan fingerprint density at radius 2 is 1.97 bits per heavy atom. The van der Waals surface area contributed by atoms with Crippen LogP contribution in [-0.2, 0) is 16.0 Å². The Balaban J connectivity index is 1.53. The highest BCUT2D eigenvalue weighted by atomic mass is 16.7. The fourth-order valence-corrected chi connectivity index (χ4v) is 4.57. The van der Waals surface area contributed by atoms with Gasteiger partial charge in [0.2, 0.25) is 5.79 Å². The van der Waals surface area contributed by atoms with Crippen LogP contribution in [0.3, 0.4) is 0 Å². The average Bonchev–Trinajstić information content (AvgIpc) is 3.41. The van der Waals surface area contributed by atoms with E-state index in [4.69, 9.17) is 9.47 Å². The third kappa shape index (κ3) is 3.87. The number of carbonyl (C=O) groups excluding carboxylic acids is 1. The van der Waals surface area contributed by atoms with Gasteiger partial charge in [0.25, 0.3) is 0 Å². The predicted molar refractivity (Wildman–Crippen MR) is 111 cm³/mol. The Morgan fingerprint density at radius 3 is 2.65 bits per heavy atom. The minimum atomic E-state index is -2.44. The number of ether oxygens (including phenoxy) is 2. The first-order valence-corrected chi connectivity index (χ1v) is 10.9. The van der Waals surface area contributed by atoms with Crippen molar-refractivity contribution in [2.24, 2.45) is 5.92 Å². The smallest absolute Gasteiger partial charge is 0.343 e. The third-order valence-electron chi connectivity index (χ3n) is 6.54. The lowest BCUT2D eigenvalue weighted by Crippen LogP contribution is -2.60. The van der Waals surface area contributed by atoms with E-state index < -0.39 is 35.7 Å². The van der Waals surface area contributed by atoms with Crippen molar-refractivity contribution in [2.75, 3.05) is 0 Å². The molecule has 4 atom stereocenters. The number of hydrogen-bond acceptors (Lipinski definition) is 7. The maximum absolute atomic E-state index is 12.8. The number of carbonyl (C=O) groups is 1. The van der Waals surface area contributed by atoms with Gasteiger partial charge in [-0.1, -0.05) is 38.8 Å². The molecule has 0 spiro atoms. The van der Waals surface area contributed by atoms with E-state index in [1.54, 1.807) is 0 Å². The van der Waals surface area contributed by atoms with Crippen molar-refractivity contribution in [3.8, 4) is 5.75 Å². The van der Waals surface area contributed by atoms with E-state index in [1.165, 1.54) is 6.20 Å². The van der Waals surface area contributed by atoms with E-state index in [0.717, 1.165) is 18.4 Å². The van der Waals surface area contributed by atoms with Gasteiger partial charge < -0.3 is 34.9 Å². The van der Waals surface area contributed by atoms with Crippen LogP contribution in [-0.4, -0.2) is 56.1 Å². The van der Waals surface area contributed by atoms with Crippen LogP contribution in [0.1, 0.15) is 51.5 Å². The molecule has 4 N–H and O–H groups in total. The van der Waals surface area contributed by atoms with Crippen molar-refractivity contribution >= 4 is 16.9 Å². The molecule has 4 unspecified atom stereocenters. The molecule has 8 nitrogen and oxygen atoms in total. The standard InChI is InChI=1S/C23H30NO7/c1-13(2)5-6-14-7-8-16-15(11-14)17(12-24-16)30-21(27)19-18(25)20(26)23(29,31-19)22(28)9-3-4-10-22/h7-8,11-13,18-20,25-26,28-29H,3-6,9-10H2,1-2H3/q-1. The Morgan fingerprint density at radius 1 is 1.26 bits per heavy atom. The number of aryl methyl sites for hydroxylation is 1. The lowest BCUT2D eigenvalue weighted by molar-refractivity contribution is -0.313. The molecule has 2 heterocycles. The van der Waals surface area contributed by atoms with E-state index in [-0.39, 0.29) is 18.6 Å². The van der Waals surface area contributed by atoms with Gasteiger partial charge in [0.05, 0.1) is 0 Å². The van der Waals surface area contributed by atoms with Crippen LogP contribution in [0.5, 0.6) is 5.75 Å². The number of esters is 1. The molecule has 8 heteroatoms. The molecule has 0 amide bonds. The van der Waals surface area contributed by atoms with Crippen LogP contribution in [0.4, 0.5) is 0 Å². The second kappa shape index (κ2) is 8.18. The molecule has 2 fully saturated rings. The predicted octanol–water partition coefficient (Wildman–Crippen LogP) is 1.41.